The Balaban J connectivity index is 1.74. The number of nitrogens with one attached hydrogen (secondary N) is 1. The van der Waals surface area contributed by atoms with Gasteiger partial charge in [0.2, 0.25) is 0 Å². The summed E-state index contributed by atoms with van der Waals surface area (Å²) >= 11 is 6.42. The van der Waals surface area contributed by atoms with Crippen LogP contribution < -0.4 is 14.8 Å². The summed E-state index contributed by atoms with van der Waals surface area (Å²) in [4.78, 5) is 11.1. The second-order valence-electron chi connectivity index (χ2n) is 6.66. The lowest BCUT2D eigenvalue weighted by molar-refractivity contribution is 0.0697. The van der Waals surface area contributed by atoms with E-state index in [0.29, 0.717) is 28.6 Å². The maximum Gasteiger partial charge on any atom is 0.335 e. The second kappa shape index (κ2) is 9.50. The van der Waals surface area contributed by atoms with Crippen LogP contribution in [0, 0.1) is 12.7 Å². The van der Waals surface area contributed by atoms with Crippen molar-refractivity contribution in [1.82, 2.24) is 0 Å². The predicted molar refractivity (Wildman–Crippen MR) is 114 cm³/mol. The number of ether oxygens (including phenoxy) is 2. The van der Waals surface area contributed by atoms with Gasteiger partial charge in [-0.15, -0.1) is 0 Å². The number of carboxylic acid groups (broad SMARTS) is 1. The zero-order valence-corrected chi connectivity index (χ0v) is 17.3. The molecule has 5 nitrogen and oxygen atoms in total. The molecule has 3 rings (SSSR count). The lowest BCUT2D eigenvalue weighted by Gasteiger charge is -2.16. The first-order chi connectivity index (χ1) is 14.4. The maximum absolute atomic E-state index is 13.8. The van der Waals surface area contributed by atoms with Crippen LogP contribution in [0.5, 0.6) is 11.5 Å². The Morgan fingerprint density at radius 2 is 1.87 bits per heavy atom. The largest absolute Gasteiger partial charge is 0.493 e. The highest BCUT2D eigenvalue weighted by Crippen LogP contribution is 2.34. The van der Waals surface area contributed by atoms with Gasteiger partial charge in [-0.3, -0.25) is 0 Å². The number of hydrogen-bond donors (Lipinski definition) is 2. The van der Waals surface area contributed by atoms with Crippen LogP contribution in [-0.4, -0.2) is 18.2 Å². The molecule has 0 spiro atoms. The summed E-state index contributed by atoms with van der Waals surface area (Å²) in [6.07, 6.45) is 0. The van der Waals surface area contributed by atoms with Crippen molar-refractivity contribution in [1.29, 1.82) is 0 Å². The lowest BCUT2D eigenvalue weighted by atomic mass is 10.1. The molecule has 0 aliphatic carbocycles. The van der Waals surface area contributed by atoms with Gasteiger partial charge in [0.25, 0.3) is 0 Å². The Hall–Kier alpha value is -3.25. The highest BCUT2D eigenvalue weighted by atomic mass is 35.5. The number of anilines is 1. The predicted octanol–water partition coefficient (Wildman–Crippen LogP) is 5.69. The molecular weight excluding hydrogens is 409 g/mol. The molecule has 0 bridgehead atoms. The van der Waals surface area contributed by atoms with Crippen molar-refractivity contribution in [3.05, 3.63) is 87.7 Å². The van der Waals surface area contributed by atoms with E-state index in [0.717, 1.165) is 16.8 Å². The topological polar surface area (TPSA) is 67.8 Å². The smallest absolute Gasteiger partial charge is 0.335 e. The zero-order valence-electron chi connectivity index (χ0n) is 16.5. The fourth-order valence-corrected chi connectivity index (χ4v) is 3.16. The Kier molecular flexibility index (Phi) is 6.79. The van der Waals surface area contributed by atoms with Crippen molar-refractivity contribution >= 4 is 23.3 Å². The van der Waals surface area contributed by atoms with Gasteiger partial charge in [-0.2, -0.15) is 0 Å². The molecule has 3 aromatic carbocycles. The fraction of sp³-hybridized carbons (Fsp3) is 0.174. The van der Waals surface area contributed by atoms with E-state index in [2.05, 4.69) is 5.32 Å². The molecule has 3 aromatic rings. The molecule has 156 valence electrons. The van der Waals surface area contributed by atoms with Crippen LogP contribution in [0.1, 0.15) is 27.0 Å². The molecule has 0 aromatic heterocycles. The molecule has 0 heterocycles. The van der Waals surface area contributed by atoms with Gasteiger partial charge in [-0.1, -0.05) is 29.8 Å². The van der Waals surface area contributed by atoms with E-state index in [1.54, 1.807) is 48.5 Å². The molecule has 0 amide bonds. The molecule has 7 heteroatoms. The Bertz CT molecular complexity index is 1070. The third kappa shape index (κ3) is 5.02. The van der Waals surface area contributed by atoms with E-state index < -0.39 is 5.97 Å². The van der Waals surface area contributed by atoms with E-state index in [4.69, 9.17) is 26.2 Å². The molecule has 0 unspecified atom stereocenters. The average molecular weight is 430 g/mol. The number of rotatable bonds is 8. The minimum absolute atomic E-state index is 0.0477. The van der Waals surface area contributed by atoms with Gasteiger partial charge in [0.15, 0.2) is 11.5 Å². The monoisotopic (exact) mass is 429 g/mol. The molecule has 0 atom stereocenters. The molecule has 0 radical (unpaired) electrons. The third-order valence-electron chi connectivity index (χ3n) is 4.62. The van der Waals surface area contributed by atoms with Gasteiger partial charge in [0.1, 0.15) is 12.4 Å². The van der Waals surface area contributed by atoms with Crippen molar-refractivity contribution in [3.63, 3.8) is 0 Å². The van der Waals surface area contributed by atoms with E-state index in [-0.39, 0.29) is 18.0 Å². The van der Waals surface area contributed by atoms with Gasteiger partial charge in [-0.05, 0) is 48.4 Å². The quantitative estimate of drug-likeness (QED) is 0.481. The SMILES string of the molecule is COc1cc(CNc2ccc(C(=O)O)cc2C)c(Cl)cc1OCc1ccccc1F. The van der Waals surface area contributed by atoms with Crippen LogP contribution in [-0.2, 0) is 13.2 Å². The Morgan fingerprint density at radius 3 is 2.53 bits per heavy atom. The van der Waals surface area contributed by atoms with Gasteiger partial charge < -0.3 is 19.9 Å². The van der Waals surface area contributed by atoms with E-state index in [1.165, 1.54) is 13.2 Å². The second-order valence-corrected chi connectivity index (χ2v) is 7.07. The van der Waals surface area contributed by atoms with Crippen molar-refractivity contribution in [3.8, 4) is 11.5 Å². The van der Waals surface area contributed by atoms with Crippen LogP contribution in [0.15, 0.2) is 54.6 Å². The van der Waals surface area contributed by atoms with Crippen LogP contribution in [0.25, 0.3) is 0 Å². The molecule has 30 heavy (non-hydrogen) atoms. The van der Waals surface area contributed by atoms with Crippen LogP contribution >= 0.6 is 11.6 Å². The average Bonchev–Trinajstić information content (AvgIpc) is 2.73. The highest BCUT2D eigenvalue weighted by Gasteiger charge is 2.13. The highest BCUT2D eigenvalue weighted by molar-refractivity contribution is 6.31. The van der Waals surface area contributed by atoms with E-state index in [9.17, 15) is 9.18 Å². The summed E-state index contributed by atoms with van der Waals surface area (Å²) in [5.74, 6) is -0.418. The minimum Gasteiger partial charge on any atom is -0.493 e. The van der Waals surface area contributed by atoms with Gasteiger partial charge in [-0.25, -0.2) is 9.18 Å². The number of hydrogen-bond acceptors (Lipinski definition) is 4. The van der Waals surface area contributed by atoms with Crippen molar-refractivity contribution < 1.29 is 23.8 Å². The summed E-state index contributed by atoms with van der Waals surface area (Å²) in [5.41, 5.74) is 3.04. The Morgan fingerprint density at radius 1 is 1.10 bits per heavy atom. The zero-order chi connectivity index (χ0) is 21.7. The van der Waals surface area contributed by atoms with Gasteiger partial charge >= 0.3 is 5.97 Å². The molecule has 0 saturated carbocycles. The molecule has 0 fully saturated rings. The number of carboxylic acids is 1. The molecule has 0 aliphatic rings. The number of halogens is 2. The molecule has 0 aliphatic heterocycles. The summed E-state index contributed by atoms with van der Waals surface area (Å²) in [7, 11) is 1.52. The third-order valence-corrected chi connectivity index (χ3v) is 4.97. The minimum atomic E-state index is -0.969. The summed E-state index contributed by atoms with van der Waals surface area (Å²) in [6, 6.07) is 14.6. The number of methoxy groups -OCH3 is 1. The van der Waals surface area contributed by atoms with Crippen LogP contribution in [0.2, 0.25) is 5.02 Å². The first kappa shape index (κ1) is 21.5. The standard InChI is InChI=1S/C23H21ClFNO4/c1-14-9-15(23(27)28)7-8-20(14)26-12-17-10-21(29-2)22(11-18(17)24)30-13-16-5-3-4-6-19(16)25/h3-11,26H,12-13H2,1-2H3,(H,27,28). The number of aromatic carboxylic acids is 1. The number of aryl methyl sites for hydroxylation is 1. The van der Waals surface area contributed by atoms with Gasteiger partial charge in [0.05, 0.1) is 12.7 Å². The summed E-state index contributed by atoms with van der Waals surface area (Å²) in [5, 5.41) is 12.8. The van der Waals surface area contributed by atoms with Crippen molar-refractivity contribution in [2.75, 3.05) is 12.4 Å². The first-order valence-electron chi connectivity index (χ1n) is 9.19. The fourth-order valence-electron chi connectivity index (χ4n) is 2.94. The molecule has 0 saturated heterocycles. The number of benzene rings is 3. The summed E-state index contributed by atoms with van der Waals surface area (Å²) < 4.78 is 24.9. The normalized spacial score (nSPS) is 10.5. The van der Waals surface area contributed by atoms with E-state index in [1.807, 2.05) is 6.92 Å². The van der Waals surface area contributed by atoms with E-state index >= 15 is 0 Å². The van der Waals surface area contributed by atoms with Crippen molar-refractivity contribution in [2.45, 2.75) is 20.1 Å². The van der Waals surface area contributed by atoms with Crippen LogP contribution in [0.4, 0.5) is 10.1 Å². The number of carbonyl (C=O) groups is 1. The molecular formula is C23H21ClFNO4. The van der Waals surface area contributed by atoms with Crippen molar-refractivity contribution in [2.24, 2.45) is 0 Å². The van der Waals surface area contributed by atoms with Gasteiger partial charge in [0, 0.05) is 28.9 Å². The molecule has 2 N–H and O–H groups in total. The lowest BCUT2D eigenvalue weighted by Crippen LogP contribution is -2.05. The maximum atomic E-state index is 13.8. The van der Waals surface area contributed by atoms with Crippen LogP contribution in [0.3, 0.4) is 0 Å². The summed E-state index contributed by atoms with van der Waals surface area (Å²) in [6.45, 7) is 2.28. The Labute approximate surface area is 179 Å². The first-order valence-corrected chi connectivity index (χ1v) is 9.57.